The van der Waals surface area contributed by atoms with E-state index in [1.54, 1.807) is 30.7 Å². The van der Waals surface area contributed by atoms with Crippen LogP contribution in [0.3, 0.4) is 0 Å². The van der Waals surface area contributed by atoms with Crippen molar-refractivity contribution in [2.45, 2.75) is 25.3 Å². The molecule has 0 spiro atoms. The predicted molar refractivity (Wildman–Crippen MR) is 99.4 cm³/mol. The van der Waals surface area contributed by atoms with Crippen LogP contribution in [0.4, 0.5) is 14.5 Å². The monoisotopic (exact) mass is 411 g/mol. The minimum absolute atomic E-state index is 0.214. The molecule has 5 nitrogen and oxygen atoms in total. The van der Waals surface area contributed by atoms with E-state index in [-0.39, 0.29) is 5.69 Å². The van der Waals surface area contributed by atoms with Crippen LogP contribution in [0.15, 0.2) is 47.4 Å². The fraction of sp³-hybridized carbons (Fsp3) is 0.167. The molecule has 27 heavy (non-hydrogen) atoms. The van der Waals surface area contributed by atoms with Crippen molar-refractivity contribution in [3.8, 4) is 0 Å². The summed E-state index contributed by atoms with van der Waals surface area (Å²) in [6.07, 6.45) is 0. The van der Waals surface area contributed by atoms with E-state index in [9.17, 15) is 17.2 Å². The van der Waals surface area contributed by atoms with Crippen LogP contribution in [0.25, 0.3) is 0 Å². The number of rotatable bonds is 5. The first-order valence-electron chi connectivity index (χ1n) is 7.94. The molecule has 3 rings (SSSR count). The lowest BCUT2D eigenvalue weighted by atomic mass is 10.2. The van der Waals surface area contributed by atoms with Crippen LogP contribution < -0.4 is 4.72 Å². The summed E-state index contributed by atoms with van der Waals surface area (Å²) in [6.45, 7) is 3.63. The summed E-state index contributed by atoms with van der Waals surface area (Å²) < 4.78 is 56.2. The molecular formula is C18H16ClF2N3O2S. The zero-order valence-corrected chi connectivity index (χ0v) is 16.1. The molecule has 0 saturated heterocycles. The lowest BCUT2D eigenvalue weighted by molar-refractivity contribution is 0.555. The number of aryl methyl sites for hydroxylation is 1. The van der Waals surface area contributed by atoms with Gasteiger partial charge in [0.25, 0.3) is 10.0 Å². The summed E-state index contributed by atoms with van der Waals surface area (Å²) in [5, 5.41) is 4.89. The summed E-state index contributed by atoms with van der Waals surface area (Å²) in [7, 11) is -4.32. The van der Waals surface area contributed by atoms with Gasteiger partial charge in [-0.15, -0.1) is 0 Å². The molecule has 0 atom stereocenters. The van der Waals surface area contributed by atoms with Gasteiger partial charge in [0.05, 0.1) is 23.6 Å². The molecule has 0 saturated carbocycles. The van der Waals surface area contributed by atoms with Gasteiger partial charge >= 0.3 is 0 Å². The molecule has 142 valence electrons. The smallest absolute Gasteiger partial charge is 0.265 e. The Morgan fingerprint density at radius 2 is 1.85 bits per heavy atom. The molecule has 2 aromatic carbocycles. The first-order chi connectivity index (χ1) is 12.7. The third-order valence-corrected chi connectivity index (χ3v) is 5.81. The lowest BCUT2D eigenvalue weighted by Crippen LogP contribution is -2.16. The Bertz CT molecular complexity index is 1110. The zero-order chi connectivity index (χ0) is 19.8. The first-order valence-corrected chi connectivity index (χ1v) is 9.80. The molecule has 0 radical (unpaired) electrons. The van der Waals surface area contributed by atoms with Gasteiger partial charge < -0.3 is 0 Å². The van der Waals surface area contributed by atoms with Crippen LogP contribution in [-0.4, -0.2) is 18.2 Å². The largest absolute Gasteiger partial charge is 0.276 e. The molecule has 0 fully saturated rings. The van der Waals surface area contributed by atoms with Gasteiger partial charge in [-0.2, -0.15) is 5.10 Å². The number of halogens is 3. The second-order valence-corrected chi connectivity index (χ2v) is 8.03. The predicted octanol–water partition coefficient (Wildman–Crippen LogP) is 4.28. The number of hydrogen-bond acceptors (Lipinski definition) is 3. The Balaban J connectivity index is 1.95. The second kappa shape index (κ2) is 7.28. The van der Waals surface area contributed by atoms with Crippen molar-refractivity contribution in [2.75, 3.05) is 4.72 Å². The van der Waals surface area contributed by atoms with Crippen molar-refractivity contribution in [3.63, 3.8) is 0 Å². The maximum atomic E-state index is 13.9. The van der Waals surface area contributed by atoms with E-state index in [2.05, 4.69) is 9.82 Å². The minimum atomic E-state index is -4.32. The number of aromatic nitrogens is 2. The average Bonchev–Trinajstić information content (AvgIpc) is 2.86. The van der Waals surface area contributed by atoms with E-state index >= 15 is 0 Å². The van der Waals surface area contributed by atoms with Crippen LogP contribution in [0.2, 0.25) is 5.02 Å². The van der Waals surface area contributed by atoms with Gasteiger partial charge in [-0.1, -0.05) is 29.8 Å². The number of anilines is 1. The molecule has 1 aromatic heterocycles. The third kappa shape index (κ3) is 3.96. The maximum Gasteiger partial charge on any atom is 0.265 e. The van der Waals surface area contributed by atoms with E-state index in [0.717, 1.165) is 17.7 Å². The third-order valence-electron chi connectivity index (χ3n) is 4.08. The normalized spacial score (nSPS) is 11.6. The highest BCUT2D eigenvalue weighted by Gasteiger charge is 2.23. The van der Waals surface area contributed by atoms with Crippen molar-refractivity contribution >= 4 is 27.3 Å². The summed E-state index contributed by atoms with van der Waals surface area (Å²) in [4.78, 5) is -0.764. The fourth-order valence-corrected chi connectivity index (χ4v) is 4.12. The second-order valence-electron chi connectivity index (χ2n) is 5.98. The summed E-state index contributed by atoms with van der Waals surface area (Å²) >= 11 is 6.16. The molecule has 3 aromatic rings. The molecule has 0 bridgehead atoms. The van der Waals surface area contributed by atoms with Gasteiger partial charge in [0.2, 0.25) is 0 Å². The standard InChI is InChI=1S/C18H16ClF2N3O2S/c1-11-18(23-27(25,26)17-9-14(20)7-8-16(17)21)12(2)24(22-11)10-13-5-3-4-6-15(13)19/h3-9,23H,10H2,1-2H3. The summed E-state index contributed by atoms with van der Waals surface area (Å²) in [5.41, 5.74) is 1.95. The van der Waals surface area contributed by atoms with Crippen LogP contribution in [-0.2, 0) is 16.6 Å². The first kappa shape index (κ1) is 19.3. The molecule has 0 unspecified atom stereocenters. The van der Waals surface area contributed by atoms with Gasteiger partial charge in [-0.05, 0) is 43.7 Å². The summed E-state index contributed by atoms with van der Waals surface area (Å²) in [5.74, 6) is -1.89. The molecule has 0 amide bonds. The van der Waals surface area contributed by atoms with E-state index in [0.29, 0.717) is 29.0 Å². The number of hydrogen-bond donors (Lipinski definition) is 1. The van der Waals surface area contributed by atoms with Crippen molar-refractivity contribution < 1.29 is 17.2 Å². The highest BCUT2D eigenvalue weighted by Crippen LogP contribution is 2.26. The molecule has 0 aliphatic heterocycles. The van der Waals surface area contributed by atoms with Crippen LogP contribution >= 0.6 is 11.6 Å². The van der Waals surface area contributed by atoms with Crippen LogP contribution in [0.5, 0.6) is 0 Å². The van der Waals surface area contributed by atoms with Crippen molar-refractivity contribution in [1.29, 1.82) is 0 Å². The van der Waals surface area contributed by atoms with Crippen molar-refractivity contribution in [1.82, 2.24) is 9.78 Å². The van der Waals surface area contributed by atoms with Crippen LogP contribution in [0, 0.1) is 25.5 Å². The summed E-state index contributed by atoms with van der Waals surface area (Å²) in [6, 6.07) is 9.49. The lowest BCUT2D eigenvalue weighted by Gasteiger charge is -2.10. The van der Waals surface area contributed by atoms with Gasteiger partial charge in [-0.3, -0.25) is 9.40 Å². The SMILES string of the molecule is Cc1nn(Cc2ccccc2Cl)c(C)c1NS(=O)(=O)c1cc(F)ccc1F. The van der Waals surface area contributed by atoms with E-state index in [4.69, 9.17) is 11.6 Å². The Hall–Kier alpha value is -2.45. The van der Waals surface area contributed by atoms with Gasteiger partial charge in [-0.25, -0.2) is 17.2 Å². The topological polar surface area (TPSA) is 64.0 Å². The number of nitrogens with one attached hydrogen (secondary N) is 1. The molecular weight excluding hydrogens is 396 g/mol. The van der Waals surface area contributed by atoms with Gasteiger partial charge in [0.1, 0.15) is 16.5 Å². The Morgan fingerprint density at radius 3 is 2.56 bits per heavy atom. The Kier molecular flexibility index (Phi) is 5.21. The Labute approximate surface area is 160 Å². The zero-order valence-electron chi connectivity index (χ0n) is 14.5. The maximum absolute atomic E-state index is 13.9. The molecule has 1 heterocycles. The highest BCUT2D eigenvalue weighted by atomic mass is 35.5. The number of nitrogens with zero attached hydrogens (tertiary/aromatic N) is 2. The quantitative estimate of drug-likeness (QED) is 0.681. The van der Waals surface area contributed by atoms with E-state index in [1.165, 1.54) is 0 Å². The Morgan fingerprint density at radius 1 is 1.15 bits per heavy atom. The van der Waals surface area contributed by atoms with Crippen LogP contribution in [0.1, 0.15) is 17.0 Å². The number of sulfonamides is 1. The van der Waals surface area contributed by atoms with Gasteiger partial charge in [0.15, 0.2) is 0 Å². The van der Waals surface area contributed by atoms with Crippen molar-refractivity contribution in [2.24, 2.45) is 0 Å². The van der Waals surface area contributed by atoms with E-state index < -0.39 is 26.6 Å². The minimum Gasteiger partial charge on any atom is -0.276 e. The number of benzene rings is 2. The molecule has 9 heteroatoms. The molecule has 0 aliphatic rings. The van der Waals surface area contributed by atoms with E-state index in [1.807, 2.05) is 12.1 Å². The average molecular weight is 412 g/mol. The van der Waals surface area contributed by atoms with Crippen molar-refractivity contribution in [3.05, 3.63) is 76.1 Å². The molecule has 1 N–H and O–H groups in total. The molecule has 0 aliphatic carbocycles. The van der Waals surface area contributed by atoms with Gasteiger partial charge in [0, 0.05) is 5.02 Å². The highest BCUT2D eigenvalue weighted by molar-refractivity contribution is 7.92. The fourth-order valence-electron chi connectivity index (χ4n) is 2.66.